The summed E-state index contributed by atoms with van der Waals surface area (Å²) < 4.78 is 6.37. The van der Waals surface area contributed by atoms with Gasteiger partial charge in [-0.15, -0.1) is 21.5 Å². The Hall–Kier alpha value is -1.66. The monoisotopic (exact) mass is 349 g/mol. The van der Waals surface area contributed by atoms with Crippen molar-refractivity contribution in [3.63, 3.8) is 0 Å². The van der Waals surface area contributed by atoms with Gasteiger partial charge in [-0.25, -0.2) is 0 Å². The van der Waals surface area contributed by atoms with E-state index in [-0.39, 0.29) is 0 Å². The van der Waals surface area contributed by atoms with Gasteiger partial charge >= 0.3 is 0 Å². The second-order valence-electron chi connectivity index (χ2n) is 4.32. The first-order valence-electron chi connectivity index (χ1n) is 6.07. The quantitative estimate of drug-likeness (QED) is 0.754. The van der Waals surface area contributed by atoms with E-state index in [0.717, 1.165) is 22.3 Å². The molecule has 0 saturated heterocycles. The summed E-state index contributed by atoms with van der Waals surface area (Å²) in [5.74, 6) is 0.533. The number of aromatic nitrogens is 2. The molecule has 0 aliphatic rings. The first kappa shape index (κ1) is 13.3. The van der Waals surface area contributed by atoms with Crippen LogP contribution in [0.4, 0.5) is 5.69 Å². The van der Waals surface area contributed by atoms with Gasteiger partial charge in [-0.2, -0.15) is 0 Å². The predicted molar refractivity (Wildman–Crippen MR) is 83.8 cm³/mol. The molecule has 0 atom stereocenters. The molecule has 6 heteroatoms. The largest absolute Gasteiger partial charge is 0.423 e. The van der Waals surface area contributed by atoms with Crippen LogP contribution >= 0.6 is 27.3 Å². The molecule has 0 aliphatic carbocycles. The lowest BCUT2D eigenvalue weighted by molar-refractivity contribution is 0.568. The van der Waals surface area contributed by atoms with Gasteiger partial charge < -0.3 is 9.73 Å². The topological polar surface area (TPSA) is 51.0 Å². The van der Waals surface area contributed by atoms with Gasteiger partial charge in [0, 0.05) is 20.6 Å². The minimum absolute atomic E-state index is 0.533. The van der Waals surface area contributed by atoms with Crippen molar-refractivity contribution in [1.82, 2.24) is 10.2 Å². The fraction of sp³-hybridized carbons (Fsp3) is 0.143. The summed E-state index contributed by atoms with van der Waals surface area (Å²) >= 11 is 5.27. The van der Waals surface area contributed by atoms with Crippen molar-refractivity contribution in [2.75, 3.05) is 5.32 Å². The molecule has 0 unspecified atom stereocenters. The van der Waals surface area contributed by atoms with Crippen molar-refractivity contribution in [1.29, 1.82) is 0 Å². The van der Waals surface area contributed by atoms with E-state index in [1.54, 1.807) is 11.3 Å². The highest BCUT2D eigenvalue weighted by Gasteiger charge is 2.07. The third-order valence-corrected chi connectivity index (χ3v) is 4.90. The molecule has 2 aromatic heterocycles. The smallest absolute Gasteiger partial charge is 0.247 e. The number of thiophene rings is 1. The fourth-order valence-electron chi connectivity index (χ4n) is 1.87. The maximum Gasteiger partial charge on any atom is 0.247 e. The molecular weight excluding hydrogens is 338 g/mol. The van der Waals surface area contributed by atoms with Crippen LogP contribution in [0.5, 0.6) is 0 Å². The van der Waals surface area contributed by atoms with E-state index in [0.29, 0.717) is 5.89 Å². The van der Waals surface area contributed by atoms with Gasteiger partial charge in [-0.1, -0.05) is 6.07 Å². The molecule has 0 radical (unpaired) electrons. The molecule has 0 amide bonds. The summed E-state index contributed by atoms with van der Waals surface area (Å²) in [7, 11) is 0. The summed E-state index contributed by atoms with van der Waals surface area (Å²) in [5, 5.41) is 13.2. The molecule has 20 heavy (non-hydrogen) atoms. The molecule has 0 aliphatic heterocycles. The zero-order valence-electron chi connectivity index (χ0n) is 10.8. The van der Waals surface area contributed by atoms with Gasteiger partial charge in [-0.05, 0) is 52.0 Å². The lowest BCUT2D eigenvalue weighted by atomic mass is 10.1. The van der Waals surface area contributed by atoms with Crippen LogP contribution in [0.2, 0.25) is 0 Å². The Balaban J connectivity index is 1.82. The second kappa shape index (κ2) is 5.76. The Labute approximate surface area is 129 Å². The summed E-state index contributed by atoms with van der Waals surface area (Å²) in [6, 6.07) is 8.12. The van der Waals surface area contributed by atoms with Gasteiger partial charge in [0.05, 0.1) is 6.54 Å². The average molecular weight is 350 g/mol. The van der Waals surface area contributed by atoms with Crippen molar-refractivity contribution < 1.29 is 4.42 Å². The van der Waals surface area contributed by atoms with Crippen molar-refractivity contribution in [2.24, 2.45) is 0 Å². The van der Waals surface area contributed by atoms with Crippen LogP contribution in [-0.4, -0.2) is 10.2 Å². The molecule has 3 rings (SSSR count). The first-order valence-corrected chi connectivity index (χ1v) is 7.74. The number of anilines is 1. The minimum atomic E-state index is 0.533. The van der Waals surface area contributed by atoms with E-state index >= 15 is 0 Å². The van der Waals surface area contributed by atoms with Crippen LogP contribution in [0.1, 0.15) is 10.4 Å². The van der Waals surface area contributed by atoms with Crippen LogP contribution in [0, 0.1) is 6.92 Å². The van der Waals surface area contributed by atoms with E-state index in [1.807, 2.05) is 18.2 Å². The van der Waals surface area contributed by atoms with E-state index in [9.17, 15) is 0 Å². The maximum absolute atomic E-state index is 5.23. The molecule has 0 spiro atoms. The molecule has 0 fully saturated rings. The molecule has 1 aromatic carbocycles. The normalized spacial score (nSPS) is 10.7. The van der Waals surface area contributed by atoms with E-state index in [2.05, 4.69) is 49.8 Å². The second-order valence-corrected chi connectivity index (χ2v) is 6.17. The Morgan fingerprint density at radius 1 is 1.35 bits per heavy atom. The lowest BCUT2D eigenvalue weighted by Crippen LogP contribution is -2.00. The van der Waals surface area contributed by atoms with Crippen LogP contribution in [0.25, 0.3) is 11.5 Å². The van der Waals surface area contributed by atoms with Crippen LogP contribution in [-0.2, 0) is 6.54 Å². The first-order chi connectivity index (χ1) is 9.74. The summed E-state index contributed by atoms with van der Waals surface area (Å²) in [4.78, 5) is 1.27. The Morgan fingerprint density at radius 3 is 2.95 bits per heavy atom. The van der Waals surface area contributed by atoms with Crippen molar-refractivity contribution in [2.45, 2.75) is 13.5 Å². The fourth-order valence-corrected chi connectivity index (χ4v) is 3.30. The SMILES string of the molecule is Cc1ccc(-c2nnco2)cc1NCc1sccc1Br. The van der Waals surface area contributed by atoms with Gasteiger partial charge in [0.1, 0.15) is 0 Å². The number of benzene rings is 1. The average Bonchev–Trinajstić information content (AvgIpc) is 3.10. The highest BCUT2D eigenvalue weighted by Crippen LogP contribution is 2.27. The van der Waals surface area contributed by atoms with Crippen molar-refractivity contribution >= 4 is 33.0 Å². The highest BCUT2D eigenvalue weighted by molar-refractivity contribution is 9.10. The third-order valence-electron chi connectivity index (χ3n) is 2.98. The minimum Gasteiger partial charge on any atom is -0.423 e. The van der Waals surface area contributed by atoms with Crippen molar-refractivity contribution in [3.05, 3.63) is 51.0 Å². The van der Waals surface area contributed by atoms with E-state index in [4.69, 9.17) is 4.42 Å². The van der Waals surface area contributed by atoms with Gasteiger partial charge in [-0.3, -0.25) is 0 Å². The highest BCUT2D eigenvalue weighted by atomic mass is 79.9. The summed E-state index contributed by atoms with van der Waals surface area (Å²) in [6.45, 7) is 2.86. The molecule has 102 valence electrons. The van der Waals surface area contributed by atoms with Gasteiger partial charge in [0.15, 0.2) is 0 Å². The molecule has 4 nitrogen and oxygen atoms in total. The number of nitrogens with zero attached hydrogens (tertiary/aromatic N) is 2. The molecule has 2 heterocycles. The maximum atomic E-state index is 5.23. The Bertz CT molecular complexity index is 709. The number of rotatable bonds is 4. The number of hydrogen-bond donors (Lipinski definition) is 1. The lowest BCUT2D eigenvalue weighted by Gasteiger charge is -2.10. The van der Waals surface area contributed by atoms with Crippen LogP contribution in [0.15, 0.2) is 44.9 Å². The zero-order valence-corrected chi connectivity index (χ0v) is 13.2. The number of halogens is 1. The Kier molecular flexibility index (Phi) is 3.84. The van der Waals surface area contributed by atoms with Crippen molar-refractivity contribution in [3.8, 4) is 11.5 Å². The van der Waals surface area contributed by atoms with Gasteiger partial charge in [0.25, 0.3) is 0 Å². The molecule has 0 saturated carbocycles. The van der Waals surface area contributed by atoms with Crippen LogP contribution in [0.3, 0.4) is 0 Å². The van der Waals surface area contributed by atoms with Crippen LogP contribution < -0.4 is 5.32 Å². The van der Waals surface area contributed by atoms with E-state index in [1.165, 1.54) is 16.8 Å². The number of aryl methyl sites for hydroxylation is 1. The zero-order chi connectivity index (χ0) is 13.9. The Morgan fingerprint density at radius 2 is 2.25 bits per heavy atom. The third kappa shape index (κ3) is 2.76. The summed E-state index contributed by atoms with van der Waals surface area (Å²) in [5.41, 5.74) is 3.17. The standard InChI is InChI=1S/C14H12BrN3OS/c1-9-2-3-10(14-18-17-8-19-14)6-12(9)16-7-13-11(15)4-5-20-13/h2-6,8,16H,7H2,1H3. The number of hydrogen-bond acceptors (Lipinski definition) is 5. The number of nitrogens with one attached hydrogen (secondary N) is 1. The van der Waals surface area contributed by atoms with Gasteiger partial charge in [0.2, 0.25) is 12.3 Å². The molecular formula is C14H12BrN3OS. The predicted octanol–water partition coefficient (Wildman–Crippen LogP) is 4.48. The molecule has 0 bridgehead atoms. The summed E-state index contributed by atoms with van der Waals surface area (Å²) in [6.07, 6.45) is 1.34. The molecule has 1 N–H and O–H groups in total. The molecule has 3 aromatic rings. The van der Waals surface area contributed by atoms with E-state index < -0.39 is 0 Å².